The summed E-state index contributed by atoms with van der Waals surface area (Å²) >= 11 is 7.99. The van der Waals surface area contributed by atoms with Gasteiger partial charge in [-0.2, -0.15) is 49.8 Å². The minimum absolute atomic E-state index is 0. The third-order valence-electron chi connectivity index (χ3n) is 6.57. The van der Waals surface area contributed by atoms with Crippen molar-refractivity contribution in [2.75, 3.05) is 95.4 Å². The van der Waals surface area contributed by atoms with Gasteiger partial charge in [-0.1, -0.05) is 65.9 Å². The van der Waals surface area contributed by atoms with E-state index in [9.17, 15) is 0 Å². The van der Waals surface area contributed by atoms with Crippen molar-refractivity contribution in [3.05, 3.63) is 9.71 Å². The van der Waals surface area contributed by atoms with E-state index in [2.05, 4.69) is 152 Å². The van der Waals surface area contributed by atoms with Gasteiger partial charge in [0.25, 0.3) is 5.95 Å². The van der Waals surface area contributed by atoms with Gasteiger partial charge in [-0.3, -0.25) is 22.9 Å². The van der Waals surface area contributed by atoms with Crippen molar-refractivity contribution in [3.8, 4) is 0 Å². The molecule has 3 aromatic heterocycles. The molecule has 0 bridgehead atoms. The third-order valence-corrected chi connectivity index (χ3v) is 7.62. The zero-order valence-corrected chi connectivity index (χ0v) is 48.6. The minimum Gasteiger partial charge on any atom is -0.726 e. The molecule has 0 saturated carbocycles. The number of nitrogens with one attached hydrogen (secondary N) is 7. The quantitative estimate of drug-likeness (QED) is 0.0134. The van der Waals surface area contributed by atoms with Gasteiger partial charge in [0.05, 0.1) is 19.3 Å². The van der Waals surface area contributed by atoms with E-state index in [1.807, 2.05) is 34.7 Å². The van der Waals surface area contributed by atoms with Gasteiger partial charge in [0.15, 0.2) is 0 Å². The first kappa shape index (κ1) is 76.6. The molecule has 0 aliphatic rings. The van der Waals surface area contributed by atoms with Crippen LogP contribution in [0.3, 0.4) is 0 Å². The molecule has 27 nitrogen and oxygen atoms in total. The maximum Gasteiger partial charge on any atom is 0.394 e. The number of hydroxylamine groups is 2. The van der Waals surface area contributed by atoms with Gasteiger partial charge in [-0.15, -0.1) is 0 Å². The van der Waals surface area contributed by atoms with Crippen molar-refractivity contribution in [1.29, 1.82) is 0 Å². The molecule has 415 valence electrons. The maximum atomic E-state index is 8.74. The van der Waals surface area contributed by atoms with Crippen LogP contribution in [0.4, 0.5) is 47.6 Å². The van der Waals surface area contributed by atoms with Crippen LogP contribution in [0.5, 0.6) is 0 Å². The Hall–Kier alpha value is -3.31. The van der Waals surface area contributed by atoms with Crippen molar-refractivity contribution in [1.82, 2.24) is 39.9 Å². The number of anilines is 8. The van der Waals surface area contributed by atoms with E-state index in [1.54, 1.807) is 17.2 Å². The second-order valence-corrected chi connectivity index (χ2v) is 17.2. The van der Waals surface area contributed by atoms with Crippen LogP contribution >= 0.6 is 34.2 Å². The van der Waals surface area contributed by atoms with Crippen molar-refractivity contribution in [3.63, 3.8) is 0 Å². The zero-order valence-electron chi connectivity index (χ0n) is 42.6. The van der Waals surface area contributed by atoms with E-state index in [4.69, 9.17) is 56.3 Å². The molecule has 0 amide bonds. The van der Waals surface area contributed by atoms with E-state index in [0.717, 1.165) is 77.8 Å². The molecule has 3 heterocycles. The normalized spacial score (nSPS) is 10.2. The number of rotatable bonds is 25. The average molecular weight is 1230 g/mol. The van der Waals surface area contributed by atoms with E-state index < -0.39 is 20.8 Å². The molecule has 71 heavy (non-hydrogen) atoms. The van der Waals surface area contributed by atoms with Crippen LogP contribution in [0.15, 0.2) is 0 Å². The standard InChI is InChI=1S/2C13H26N6O.C9H16ClN5.C3H6I.CH4.2H2O4S.V/c2*1-6-8-14-11-16-12(15-9-7-2)18-13(17-11)19(5)20-10(3)4;1-3-5-11-8-13-7(10)14-9(15-8)12-6-4-2;1-2-3-4;;2*1-5(2,3)4;/h2*10H,6-9H2,1-5H3,(H2,14,15,16,17,18);3-6H2,1-2H3,(H2,11,12,13,14,15);3H,2H2,1H3;1H4;2*(H2,1,2,3,4);/q;;;-1;;;;. The van der Waals surface area contributed by atoms with Gasteiger partial charge in [0.1, 0.15) is 0 Å². The number of halogens is 2. The number of nitrogens with zero attached hydrogens (tertiary/aromatic N) is 10. The number of hydrogen-bond acceptors (Lipinski definition) is 23. The zero-order chi connectivity index (χ0) is 53.4. The molecular formula is C39H82ClIN17O10S2V-. The van der Waals surface area contributed by atoms with Crippen LogP contribution in [-0.2, 0) is 49.0 Å². The van der Waals surface area contributed by atoms with Crippen LogP contribution in [0, 0.1) is 4.43 Å². The molecule has 0 atom stereocenters. The summed E-state index contributed by atoms with van der Waals surface area (Å²) in [6.07, 6.45) is 7.44. The molecule has 10 N–H and O–H groups in total. The molecular weight excluding hydrogens is 1140 g/mol. The molecule has 0 saturated heterocycles. The van der Waals surface area contributed by atoms with Gasteiger partial charge in [0.2, 0.25) is 39.5 Å². The topological polar surface area (TPSA) is 366 Å². The summed E-state index contributed by atoms with van der Waals surface area (Å²) in [5.74, 6) is 4.57. The second-order valence-electron chi connectivity index (χ2n) is 14.2. The number of hydrogen-bond donors (Lipinski definition) is 9. The first-order chi connectivity index (χ1) is 32.3. The van der Waals surface area contributed by atoms with E-state index in [1.165, 1.54) is 6.42 Å². The van der Waals surface area contributed by atoms with Gasteiger partial charge < -0.3 is 59.0 Å². The van der Waals surface area contributed by atoms with Gasteiger partial charge in [-0.05, 0) is 77.8 Å². The van der Waals surface area contributed by atoms with Crippen LogP contribution < -0.4 is 47.0 Å². The first-order valence-corrected chi connectivity index (χ1v) is 26.7. The van der Waals surface area contributed by atoms with Crippen LogP contribution in [0.1, 0.15) is 129 Å². The molecule has 0 aliphatic heterocycles. The Morgan fingerprint density at radius 1 is 0.606 bits per heavy atom. The van der Waals surface area contributed by atoms with E-state index in [0.29, 0.717) is 47.6 Å². The fraction of sp³-hybridized carbons (Fsp3) is 0.744. The number of H-pyrrole nitrogens is 1. The van der Waals surface area contributed by atoms with Crippen molar-refractivity contribution in [2.24, 2.45) is 0 Å². The van der Waals surface area contributed by atoms with E-state index in [-0.39, 0.29) is 43.5 Å². The Morgan fingerprint density at radius 3 is 1.18 bits per heavy atom. The average Bonchev–Trinajstić information content (AvgIpc) is 3.26. The summed E-state index contributed by atoms with van der Waals surface area (Å²) < 4.78 is 66.5. The Labute approximate surface area is 453 Å². The van der Waals surface area contributed by atoms with Gasteiger partial charge in [-0.25, -0.2) is 23.3 Å². The van der Waals surface area contributed by atoms with Gasteiger partial charge in [0, 0.05) is 64.9 Å². The van der Waals surface area contributed by atoms with Crippen molar-refractivity contribution < 1.29 is 68.3 Å². The molecule has 0 aromatic carbocycles. The molecule has 32 heteroatoms. The third kappa shape index (κ3) is 51.4. The van der Waals surface area contributed by atoms with E-state index >= 15 is 0 Å². The second kappa shape index (κ2) is 46.5. The SMILES string of the molecule is C.CCCNc1nc(Cl)nc(NCCC)n1.CCCNc1nc(NCCC)[nH+]c(N(C)OC(C)C)n1.CCCNc1nc(NCCC)nc(N(C)OC(C)C)n1.CC[CH-]I.O=S(=O)(O)O.O=S(=O)([O-])O.[V]. The summed E-state index contributed by atoms with van der Waals surface area (Å²) in [5, 5.41) is 22.3. The fourth-order valence-corrected chi connectivity index (χ4v) is 4.19. The first-order valence-electron chi connectivity index (χ1n) is 22.3. The molecule has 1 radical (unpaired) electrons. The number of aromatic nitrogens is 9. The van der Waals surface area contributed by atoms with Crippen LogP contribution in [0.2, 0.25) is 5.28 Å². The smallest absolute Gasteiger partial charge is 0.394 e. The fourth-order valence-electron chi connectivity index (χ4n) is 4.03. The van der Waals surface area contributed by atoms with Gasteiger partial charge >= 0.3 is 28.2 Å². The summed E-state index contributed by atoms with van der Waals surface area (Å²) in [6.45, 7) is 27.6. The molecule has 0 unspecified atom stereocenters. The molecule has 0 aliphatic carbocycles. The van der Waals surface area contributed by atoms with Crippen molar-refractivity contribution in [2.45, 2.75) is 141 Å². The van der Waals surface area contributed by atoms with Crippen LogP contribution in [-0.4, -0.2) is 140 Å². The summed E-state index contributed by atoms with van der Waals surface area (Å²) in [6, 6.07) is 0. The predicted molar refractivity (Wildman–Crippen MR) is 287 cm³/mol. The van der Waals surface area contributed by atoms with Crippen LogP contribution in [0.25, 0.3) is 0 Å². The molecule has 0 spiro atoms. The monoisotopic (exact) mass is 1230 g/mol. The summed E-state index contributed by atoms with van der Waals surface area (Å²) in [4.78, 5) is 48.3. The molecule has 3 rings (SSSR count). The summed E-state index contributed by atoms with van der Waals surface area (Å²) in [5.41, 5.74) is 0. The number of aromatic amines is 1. The predicted octanol–water partition coefficient (Wildman–Crippen LogP) is 7.15. The Bertz CT molecular complexity index is 1780. The Balaban J connectivity index is -0.000000268. The Kier molecular flexibility index (Phi) is 50.2. The molecule has 3 aromatic rings. The van der Waals surface area contributed by atoms with Crippen molar-refractivity contribution >= 4 is 103 Å². The Morgan fingerprint density at radius 2 is 0.887 bits per heavy atom. The minimum atomic E-state index is -4.92. The summed E-state index contributed by atoms with van der Waals surface area (Å²) in [7, 11) is -5.96. The molecule has 0 fully saturated rings. The largest absolute Gasteiger partial charge is 0.726 e. The maximum absolute atomic E-state index is 8.74.